The molecule has 1 aromatic heterocycles. The van der Waals surface area contributed by atoms with Crippen molar-refractivity contribution in [1.29, 1.82) is 0 Å². The minimum Gasteiger partial charge on any atom is -0.404 e. The van der Waals surface area contributed by atoms with E-state index in [2.05, 4.69) is 5.32 Å². The van der Waals surface area contributed by atoms with Crippen LogP contribution in [-0.2, 0) is 6.42 Å². The molecule has 0 amide bonds. The Balaban J connectivity index is 2.26. The van der Waals surface area contributed by atoms with Crippen LogP contribution in [0.3, 0.4) is 0 Å². The second-order valence-electron chi connectivity index (χ2n) is 4.18. The summed E-state index contributed by atoms with van der Waals surface area (Å²) in [4.78, 5) is 9.90. The summed E-state index contributed by atoms with van der Waals surface area (Å²) in [5.74, 6) is -1.48. The van der Waals surface area contributed by atoms with E-state index in [0.29, 0.717) is 0 Å². The molecule has 0 aliphatic rings. The summed E-state index contributed by atoms with van der Waals surface area (Å²) in [6, 6.07) is 5.66. The lowest BCUT2D eigenvalue weighted by atomic mass is 10.0. The van der Waals surface area contributed by atoms with Crippen molar-refractivity contribution in [3.8, 4) is 0 Å². The minimum absolute atomic E-state index is 0.0142. The lowest BCUT2D eigenvalue weighted by Gasteiger charge is -2.14. The molecule has 5 nitrogen and oxygen atoms in total. The van der Waals surface area contributed by atoms with E-state index in [1.54, 1.807) is 7.05 Å². The van der Waals surface area contributed by atoms with Crippen LogP contribution in [0.1, 0.15) is 17.4 Å². The van der Waals surface area contributed by atoms with Gasteiger partial charge < -0.3 is 9.73 Å². The van der Waals surface area contributed by atoms with Gasteiger partial charge in [-0.15, -0.1) is 0 Å². The lowest BCUT2D eigenvalue weighted by Crippen LogP contribution is -2.19. The number of rotatable bonds is 5. The molecular weight excluding hydrogens is 270 g/mol. The zero-order valence-corrected chi connectivity index (χ0v) is 10.6. The molecule has 1 atom stereocenters. The van der Waals surface area contributed by atoms with Crippen LogP contribution in [0.2, 0.25) is 0 Å². The van der Waals surface area contributed by atoms with Gasteiger partial charge in [-0.1, -0.05) is 6.07 Å². The molecule has 20 heavy (non-hydrogen) atoms. The Morgan fingerprint density at radius 2 is 1.95 bits per heavy atom. The van der Waals surface area contributed by atoms with E-state index >= 15 is 0 Å². The minimum atomic E-state index is -0.667. The molecule has 1 unspecified atom stereocenters. The zero-order chi connectivity index (χ0) is 14.7. The van der Waals surface area contributed by atoms with Gasteiger partial charge in [0, 0.05) is 12.0 Å². The van der Waals surface area contributed by atoms with Gasteiger partial charge in [0.1, 0.15) is 22.3 Å². The maximum absolute atomic E-state index is 13.6. The molecule has 0 spiro atoms. The average molecular weight is 282 g/mol. The van der Waals surface area contributed by atoms with Crippen molar-refractivity contribution in [3.63, 3.8) is 0 Å². The summed E-state index contributed by atoms with van der Waals surface area (Å²) in [5, 5.41) is 13.4. The molecule has 2 aromatic rings. The Bertz CT molecular complexity index is 608. The van der Waals surface area contributed by atoms with Crippen LogP contribution in [0, 0.1) is 21.7 Å². The van der Waals surface area contributed by atoms with Gasteiger partial charge in [-0.3, -0.25) is 10.1 Å². The third kappa shape index (κ3) is 2.83. The van der Waals surface area contributed by atoms with E-state index < -0.39 is 28.5 Å². The Morgan fingerprint density at radius 1 is 1.30 bits per heavy atom. The molecule has 1 N–H and O–H groups in total. The highest BCUT2D eigenvalue weighted by Crippen LogP contribution is 2.26. The molecule has 106 valence electrons. The fourth-order valence-corrected chi connectivity index (χ4v) is 1.90. The zero-order valence-electron chi connectivity index (χ0n) is 10.6. The van der Waals surface area contributed by atoms with Crippen LogP contribution in [-0.4, -0.2) is 12.0 Å². The predicted molar refractivity (Wildman–Crippen MR) is 67.2 cm³/mol. The highest BCUT2D eigenvalue weighted by Gasteiger charge is 2.21. The summed E-state index contributed by atoms with van der Waals surface area (Å²) < 4.78 is 32.2. The fourth-order valence-electron chi connectivity index (χ4n) is 1.90. The highest BCUT2D eigenvalue weighted by molar-refractivity contribution is 5.25. The van der Waals surface area contributed by atoms with Gasteiger partial charge in [-0.25, -0.2) is 8.78 Å². The monoisotopic (exact) mass is 282 g/mol. The summed E-state index contributed by atoms with van der Waals surface area (Å²) in [7, 11) is 1.58. The Kier molecular flexibility index (Phi) is 4.09. The van der Waals surface area contributed by atoms with Gasteiger partial charge in [0.15, 0.2) is 0 Å². The molecule has 0 bridgehead atoms. The molecule has 0 fully saturated rings. The number of hydrogen-bond acceptors (Lipinski definition) is 4. The first kappa shape index (κ1) is 14.1. The lowest BCUT2D eigenvalue weighted by molar-refractivity contribution is -0.402. The first-order valence-corrected chi connectivity index (χ1v) is 5.87. The third-order valence-electron chi connectivity index (χ3n) is 2.95. The van der Waals surface area contributed by atoms with Crippen LogP contribution in [0.5, 0.6) is 0 Å². The third-order valence-corrected chi connectivity index (χ3v) is 2.95. The molecule has 1 heterocycles. The first-order chi connectivity index (χ1) is 9.52. The van der Waals surface area contributed by atoms with Crippen LogP contribution >= 0.6 is 0 Å². The van der Waals surface area contributed by atoms with Crippen LogP contribution in [0.25, 0.3) is 0 Å². The van der Waals surface area contributed by atoms with Crippen molar-refractivity contribution in [2.45, 2.75) is 12.5 Å². The molecule has 0 saturated carbocycles. The highest BCUT2D eigenvalue weighted by atomic mass is 19.1. The Hall–Kier alpha value is -2.28. The van der Waals surface area contributed by atoms with Crippen molar-refractivity contribution in [3.05, 3.63) is 63.4 Å². The van der Waals surface area contributed by atoms with Gasteiger partial charge in [0.2, 0.25) is 0 Å². The van der Waals surface area contributed by atoms with Crippen molar-refractivity contribution >= 4 is 5.88 Å². The largest absolute Gasteiger partial charge is 0.433 e. The molecule has 0 radical (unpaired) electrons. The van der Waals surface area contributed by atoms with Crippen molar-refractivity contribution in [2.24, 2.45) is 0 Å². The first-order valence-electron chi connectivity index (χ1n) is 5.87. The summed E-state index contributed by atoms with van der Waals surface area (Å²) in [6.07, 6.45) is -0.0142. The molecular formula is C13H12F2N2O3. The van der Waals surface area contributed by atoms with E-state index in [4.69, 9.17) is 4.42 Å². The molecule has 1 aromatic carbocycles. The fraction of sp³-hybridized carbons (Fsp3) is 0.231. The topological polar surface area (TPSA) is 68.3 Å². The molecule has 0 aliphatic carbocycles. The quantitative estimate of drug-likeness (QED) is 0.676. The molecule has 2 rings (SSSR count). The second-order valence-corrected chi connectivity index (χ2v) is 4.18. The van der Waals surface area contributed by atoms with Gasteiger partial charge in [0.05, 0.1) is 12.1 Å². The summed E-state index contributed by atoms with van der Waals surface area (Å²) in [6.45, 7) is 0. The van der Waals surface area contributed by atoms with Gasteiger partial charge in [0.25, 0.3) is 0 Å². The number of nitrogens with one attached hydrogen (secondary N) is 1. The van der Waals surface area contributed by atoms with Gasteiger partial charge in [-0.05, 0) is 25.2 Å². The van der Waals surface area contributed by atoms with Crippen LogP contribution in [0.15, 0.2) is 34.7 Å². The van der Waals surface area contributed by atoms with E-state index in [0.717, 1.165) is 12.1 Å². The molecule has 7 heteroatoms. The number of nitrogens with zero attached hydrogens (tertiary/aromatic N) is 1. The smallest absolute Gasteiger partial charge is 0.404 e. The van der Waals surface area contributed by atoms with Crippen LogP contribution in [0.4, 0.5) is 14.7 Å². The molecule has 0 saturated heterocycles. The van der Waals surface area contributed by atoms with Crippen LogP contribution < -0.4 is 5.32 Å². The number of hydrogen-bond donors (Lipinski definition) is 1. The van der Waals surface area contributed by atoms with Crippen molar-refractivity contribution in [2.75, 3.05) is 7.05 Å². The summed E-state index contributed by atoms with van der Waals surface area (Å²) in [5.41, 5.74) is -0.0918. The second kappa shape index (κ2) is 5.79. The average Bonchev–Trinajstić information content (AvgIpc) is 2.88. The Labute approximate surface area is 113 Å². The van der Waals surface area contributed by atoms with E-state index in [1.807, 2.05) is 0 Å². The number of likely N-dealkylation sites (N-methyl/N-ethyl adjacent to an activating group) is 1. The SMILES string of the molecule is CNC(Cc1c(F)cccc1F)c1ccc([N+](=O)[O-])o1. The van der Waals surface area contributed by atoms with Crippen molar-refractivity contribution < 1.29 is 18.1 Å². The normalized spacial score (nSPS) is 12.3. The predicted octanol–water partition coefficient (Wildman–Crippen LogP) is 2.97. The molecule has 0 aliphatic heterocycles. The standard InChI is InChI=1S/C13H12F2N2O3/c1-16-11(12-5-6-13(20-12)17(18)19)7-8-9(14)3-2-4-10(8)15/h2-6,11,16H,7H2,1H3. The summed E-state index contributed by atoms with van der Waals surface area (Å²) >= 11 is 0. The Morgan fingerprint density at radius 3 is 2.45 bits per heavy atom. The van der Waals surface area contributed by atoms with Gasteiger partial charge >= 0.3 is 5.88 Å². The van der Waals surface area contributed by atoms with Gasteiger partial charge in [-0.2, -0.15) is 0 Å². The van der Waals surface area contributed by atoms with Crippen molar-refractivity contribution in [1.82, 2.24) is 5.32 Å². The van der Waals surface area contributed by atoms with E-state index in [1.165, 1.54) is 18.2 Å². The number of furan rings is 1. The number of nitro groups is 1. The maximum atomic E-state index is 13.6. The van der Waals surface area contributed by atoms with E-state index in [-0.39, 0.29) is 17.7 Å². The number of halogens is 2. The van der Waals surface area contributed by atoms with E-state index in [9.17, 15) is 18.9 Å². The maximum Gasteiger partial charge on any atom is 0.433 e. The number of benzene rings is 1.